The molecule has 2 aliphatic rings. The zero-order valence-electron chi connectivity index (χ0n) is 11.9. The van der Waals surface area contributed by atoms with Crippen LogP contribution in [0.15, 0.2) is 41.7 Å². The van der Waals surface area contributed by atoms with Crippen molar-refractivity contribution in [3.8, 4) is 0 Å². The van der Waals surface area contributed by atoms with Gasteiger partial charge in [0.15, 0.2) is 0 Å². The van der Waals surface area contributed by atoms with Crippen molar-refractivity contribution >= 4 is 16.9 Å². The topological polar surface area (TPSA) is 46.1 Å². The van der Waals surface area contributed by atoms with Crippen LogP contribution in [0, 0.1) is 0 Å². The van der Waals surface area contributed by atoms with Crippen molar-refractivity contribution in [3.05, 3.63) is 47.3 Å². The minimum Gasteiger partial charge on any atom is -0.338 e. The largest absolute Gasteiger partial charge is 0.338 e. The molecule has 1 saturated carbocycles. The summed E-state index contributed by atoms with van der Waals surface area (Å²) >= 11 is 0. The molecule has 1 aromatic heterocycles. The molecule has 4 rings (SSSR count). The van der Waals surface area contributed by atoms with Gasteiger partial charge in [-0.1, -0.05) is 11.1 Å². The number of amides is 1. The normalized spacial score (nSPS) is 18.2. The molecule has 0 atom stereocenters. The Morgan fingerprint density at radius 3 is 2.29 bits per heavy atom. The quantitative estimate of drug-likeness (QED) is 0.754. The second-order valence-electron chi connectivity index (χ2n) is 5.76. The van der Waals surface area contributed by atoms with Crippen molar-refractivity contribution in [1.82, 2.24) is 14.9 Å². The lowest BCUT2D eigenvalue weighted by molar-refractivity contribution is 0.0743. The van der Waals surface area contributed by atoms with Crippen LogP contribution in [0.5, 0.6) is 0 Å². The van der Waals surface area contributed by atoms with Gasteiger partial charge in [0.2, 0.25) is 0 Å². The van der Waals surface area contributed by atoms with Crippen molar-refractivity contribution in [3.63, 3.8) is 0 Å². The summed E-state index contributed by atoms with van der Waals surface area (Å²) in [7, 11) is 0. The lowest BCUT2D eigenvalue weighted by atomic mass is 10.0. The third kappa shape index (κ3) is 2.42. The maximum absolute atomic E-state index is 12.6. The highest BCUT2D eigenvalue weighted by molar-refractivity contribution is 5.97. The molecule has 0 radical (unpaired) electrons. The van der Waals surface area contributed by atoms with Gasteiger partial charge in [-0.05, 0) is 43.9 Å². The maximum atomic E-state index is 12.6. The van der Waals surface area contributed by atoms with E-state index in [1.54, 1.807) is 23.5 Å². The van der Waals surface area contributed by atoms with E-state index in [9.17, 15) is 4.79 Å². The molecule has 2 heterocycles. The van der Waals surface area contributed by atoms with E-state index in [0.717, 1.165) is 37.0 Å². The van der Waals surface area contributed by atoms with Gasteiger partial charge in [0.25, 0.3) is 5.91 Å². The van der Waals surface area contributed by atoms with Crippen molar-refractivity contribution in [2.24, 2.45) is 0 Å². The molecular formula is C17H17N3O. The Labute approximate surface area is 123 Å². The SMILES string of the molecule is O=C(c1ccc2nccnc2c1)N1CCC(=C2CC2)CC1. The highest BCUT2D eigenvalue weighted by atomic mass is 16.2. The molecule has 0 N–H and O–H groups in total. The second-order valence-corrected chi connectivity index (χ2v) is 5.76. The Morgan fingerprint density at radius 2 is 1.57 bits per heavy atom. The zero-order chi connectivity index (χ0) is 14.2. The second kappa shape index (κ2) is 4.95. The third-order valence-corrected chi connectivity index (χ3v) is 4.37. The third-order valence-electron chi connectivity index (χ3n) is 4.37. The van der Waals surface area contributed by atoms with Gasteiger partial charge in [-0.3, -0.25) is 14.8 Å². The van der Waals surface area contributed by atoms with Crippen LogP contribution in [0.1, 0.15) is 36.0 Å². The zero-order valence-corrected chi connectivity index (χ0v) is 11.9. The predicted molar refractivity (Wildman–Crippen MR) is 80.9 cm³/mol. The van der Waals surface area contributed by atoms with Crippen LogP contribution in [0.25, 0.3) is 11.0 Å². The molecule has 1 amide bonds. The molecule has 2 aromatic rings. The highest BCUT2D eigenvalue weighted by Gasteiger charge is 2.25. The van der Waals surface area contributed by atoms with Gasteiger partial charge in [-0.2, -0.15) is 0 Å². The lowest BCUT2D eigenvalue weighted by Crippen LogP contribution is -2.36. The minimum atomic E-state index is 0.113. The number of benzene rings is 1. The number of hydrogen-bond acceptors (Lipinski definition) is 3. The summed E-state index contributed by atoms with van der Waals surface area (Å²) in [5, 5.41) is 0. The van der Waals surface area contributed by atoms with Crippen LogP contribution >= 0.6 is 0 Å². The number of aromatic nitrogens is 2. The van der Waals surface area contributed by atoms with Crippen LogP contribution in [-0.4, -0.2) is 33.9 Å². The molecule has 0 unspecified atom stereocenters. The molecule has 4 heteroatoms. The van der Waals surface area contributed by atoms with E-state index in [1.807, 2.05) is 23.1 Å². The Hall–Kier alpha value is -2.23. The van der Waals surface area contributed by atoms with E-state index in [1.165, 1.54) is 12.8 Å². The average molecular weight is 279 g/mol. The van der Waals surface area contributed by atoms with Crippen LogP contribution in [0.3, 0.4) is 0 Å². The van der Waals surface area contributed by atoms with E-state index in [0.29, 0.717) is 5.56 Å². The maximum Gasteiger partial charge on any atom is 0.253 e. The van der Waals surface area contributed by atoms with Gasteiger partial charge < -0.3 is 4.90 Å². The number of rotatable bonds is 1. The molecule has 0 spiro atoms. The first-order chi connectivity index (χ1) is 10.3. The standard InChI is InChI=1S/C17H17N3O/c21-17(20-9-5-13(6-10-20)12-1-2-12)14-3-4-15-16(11-14)19-8-7-18-15/h3-4,7-8,11H,1-2,5-6,9-10H2. The molecule has 0 bridgehead atoms. The van der Waals surface area contributed by atoms with Gasteiger partial charge >= 0.3 is 0 Å². The van der Waals surface area contributed by atoms with Gasteiger partial charge in [0.05, 0.1) is 11.0 Å². The predicted octanol–water partition coefficient (Wildman–Crippen LogP) is 2.96. The molecule has 2 fully saturated rings. The molecular weight excluding hydrogens is 262 g/mol. The number of fused-ring (bicyclic) bond motifs is 1. The summed E-state index contributed by atoms with van der Waals surface area (Å²) < 4.78 is 0. The van der Waals surface area contributed by atoms with E-state index in [-0.39, 0.29) is 5.91 Å². The van der Waals surface area contributed by atoms with Crippen molar-refractivity contribution in [1.29, 1.82) is 0 Å². The number of allylic oxidation sites excluding steroid dienone is 1. The summed E-state index contributed by atoms with van der Waals surface area (Å²) in [5.74, 6) is 0.113. The van der Waals surface area contributed by atoms with Crippen LogP contribution in [-0.2, 0) is 0 Å². The number of piperidine rings is 1. The van der Waals surface area contributed by atoms with Gasteiger partial charge in [-0.25, -0.2) is 0 Å². The summed E-state index contributed by atoms with van der Waals surface area (Å²) in [6.07, 6.45) is 8.00. The number of hydrogen-bond donors (Lipinski definition) is 0. The van der Waals surface area contributed by atoms with E-state index in [2.05, 4.69) is 9.97 Å². The van der Waals surface area contributed by atoms with Crippen LogP contribution in [0.2, 0.25) is 0 Å². The van der Waals surface area contributed by atoms with Gasteiger partial charge in [-0.15, -0.1) is 0 Å². The Balaban J connectivity index is 1.54. The first-order valence-corrected chi connectivity index (χ1v) is 7.51. The van der Waals surface area contributed by atoms with Crippen molar-refractivity contribution in [2.45, 2.75) is 25.7 Å². The number of nitrogens with zero attached hydrogens (tertiary/aromatic N) is 3. The number of carbonyl (C=O) groups excluding carboxylic acids is 1. The minimum absolute atomic E-state index is 0.113. The van der Waals surface area contributed by atoms with Crippen molar-refractivity contribution < 1.29 is 4.79 Å². The molecule has 4 nitrogen and oxygen atoms in total. The first-order valence-electron chi connectivity index (χ1n) is 7.51. The fraction of sp³-hybridized carbons (Fsp3) is 0.353. The monoisotopic (exact) mass is 279 g/mol. The van der Waals surface area contributed by atoms with Crippen LogP contribution < -0.4 is 0 Å². The van der Waals surface area contributed by atoms with Crippen LogP contribution in [0.4, 0.5) is 0 Å². The summed E-state index contributed by atoms with van der Waals surface area (Å²) in [4.78, 5) is 23.1. The Morgan fingerprint density at radius 1 is 0.905 bits per heavy atom. The molecule has 1 aliphatic carbocycles. The summed E-state index contributed by atoms with van der Waals surface area (Å²) in [6.45, 7) is 1.69. The molecule has 106 valence electrons. The Bertz CT molecular complexity index is 735. The smallest absolute Gasteiger partial charge is 0.253 e. The molecule has 1 aliphatic heterocycles. The molecule has 21 heavy (non-hydrogen) atoms. The van der Waals surface area contributed by atoms with E-state index in [4.69, 9.17) is 0 Å². The fourth-order valence-corrected chi connectivity index (χ4v) is 3.03. The Kier molecular flexibility index (Phi) is 2.95. The number of carbonyl (C=O) groups is 1. The first kappa shape index (κ1) is 12.5. The van der Waals surface area contributed by atoms with E-state index >= 15 is 0 Å². The van der Waals surface area contributed by atoms with Crippen molar-refractivity contribution in [2.75, 3.05) is 13.1 Å². The average Bonchev–Trinajstić information content (AvgIpc) is 3.39. The van der Waals surface area contributed by atoms with E-state index < -0.39 is 0 Å². The molecule has 1 saturated heterocycles. The molecule has 1 aromatic carbocycles. The summed E-state index contributed by atoms with van der Waals surface area (Å²) in [5.41, 5.74) is 5.56. The summed E-state index contributed by atoms with van der Waals surface area (Å²) in [6, 6.07) is 5.57. The van der Waals surface area contributed by atoms with Gasteiger partial charge in [0, 0.05) is 31.0 Å². The number of likely N-dealkylation sites (tertiary alicyclic amines) is 1. The fourth-order valence-electron chi connectivity index (χ4n) is 3.03. The lowest BCUT2D eigenvalue weighted by Gasteiger charge is -2.28. The highest BCUT2D eigenvalue weighted by Crippen LogP contribution is 2.36. The van der Waals surface area contributed by atoms with Gasteiger partial charge in [0.1, 0.15) is 0 Å².